The van der Waals surface area contributed by atoms with Gasteiger partial charge in [-0.3, -0.25) is 4.79 Å². The maximum Gasteiger partial charge on any atom is 0.226 e. The summed E-state index contributed by atoms with van der Waals surface area (Å²) in [6.45, 7) is 0.859. The lowest BCUT2D eigenvalue weighted by molar-refractivity contribution is -0.133. The highest BCUT2D eigenvalue weighted by Gasteiger charge is 2.38. The minimum absolute atomic E-state index is 0.170. The van der Waals surface area contributed by atoms with Gasteiger partial charge in [0, 0.05) is 12.5 Å². The molecule has 90 valence electrons. The third-order valence-electron chi connectivity index (χ3n) is 3.72. The molecule has 0 radical (unpaired) electrons. The summed E-state index contributed by atoms with van der Waals surface area (Å²) in [4.78, 5) is 14.1. The second-order valence-corrected chi connectivity index (χ2v) is 5.02. The van der Waals surface area contributed by atoms with Gasteiger partial charge in [0.15, 0.2) is 0 Å². The molecular weight excluding hydrogens is 217 g/mol. The molecule has 2 fully saturated rings. The first kappa shape index (κ1) is 10.8. The molecule has 1 aromatic rings. The van der Waals surface area contributed by atoms with Gasteiger partial charge in [0.1, 0.15) is 5.82 Å². The highest BCUT2D eigenvalue weighted by molar-refractivity contribution is 5.81. The van der Waals surface area contributed by atoms with Crippen LogP contribution in [0.1, 0.15) is 37.3 Å². The summed E-state index contributed by atoms with van der Waals surface area (Å²) in [6.07, 6.45) is 4.15. The van der Waals surface area contributed by atoms with E-state index in [-0.39, 0.29) is 17.8 Å². The van der Waals surface area contributed by atoms with Crippen LogP contribution in [0.5, 0.6) is 0 Å². The van der Waals surface area contributed by atoms with Crippen molar-refractivity contribution in [2.75, 3.05) is 6.54 Å². The second kappa shape index (κ2) is 4.13. The van der Waals surface area contributed by atoms with Crippen molar-refractivity contribution in [1.29, 1.82) is 0 Å². The molecule has 1 heterocycles. The Labute approximate surface area is 100 Å². The summed E-state index contributed by atoms with van der Waals surface area (Å²) < 4.78 is 12.9. The average Bonchev–Trinajstić information content (AvgIpc) is 3.07. The van der Waals surface area contributed by atoms with Crippen LogP contribution in [-0.2, 0) is 4.79 Å². The fourth-order valence-electron chi connectivity index (χ4n) is 2.63. The minimum atomic E-state index is -0.216. The zero-order valence-electron chi connectivity index (χ0n) is 9.73. The molecule has 1 saturated heterocycles. The van der Waals surface area contributed by atoms with Gasteiger partial charge in [-0.25, -0.2) is 4.39 Å². The first-order chi connectivity index (χ1) is 8.25. The molecule has 3 rings (SSSR count). The summed E-state index contributed by atoms with van der Waals surface area (Å²) in [5, 5.41) is 0. The predicted octanol–water partition coefficient (Wildman–Crippen LogP) is 2.90. The molecule has 1 aliphatic carbocycles. The molecule has 0 aromatic heterocycles. The van der Waals surface area contributed by atoms with Crippen molar-refractivity contribution in [2.24, 2.45) is 5.92 Å². The van der Waals surface area contributed by atoms with E-state index in [1.807, 2.05) is 4.90 Å². The highest BCUT2D eigenvalue weighted by atomic mass is 19.1. The van der Waals surface area contributed by atoms with Crippen LogP contribution in [0.4, 0.5) is 4.39 Å². The number of rotatable bonds is 2. The molecule has 1 aromatic carbocycles. The lowest BCUT2D eigenvalue weighted by atomic mass is 10.0. The van der Waals surface area contributed by atoms with Crippen molar-refractivity contribution in [3.8, 4) is 0 Å². The van der Waals surface area contributed by atoms with E-state index in [1.165, 1.54) is 12.1 Å². The zero-order valence-corrected chi connectivity index (χ0v) is 9.73. The van der Waals surface area contributed by atoms with Gasteiger partial charge in [0.05, 0.1) is 6.04 Å². The number of carbonyl (C=O) groups is 1. The number of nitrogens with zero attached hydrogens (tertiary/aromatic N) is 1. The summed E-state index contributed by atoms with van der Waals surface area (Å²) in [5.74, 6) is 0.361. The molecule has 1 unspecified atom stereocenters. The molecule has 2 aliphatic rings. The molecule has 1 amide bonds. The molecule has 1 aliphatic heterocycles. The summed E-state index contributed by atoms with van der Waals surface area (Å²) in [5.41, 5.74) is 1.07. The van der Waals surface area contributed by atoms with E-state index < -0.39 is 0 Å². The van der Waals surface area contributed by atoms with Crippen LogP contribution < -0.4 is 0 Å². The van der Waals surface area contributed by atoms with Crippen LogP contribution in [0, 0.1) is 11.7 Å². The average molecular weight is 233 g/mol. The van der Waals surface area contributed by atoms with Crippen molar-refractivity contribution in [3.63, 3.8) is 0 Å². The Morgan fingerprint density at radius 1 is 1.18 bits per heavy atom. The van der Waals surface area contributed by atoms with Crippen LogP contribution in [0.3, 0.4) is 0 Å². The monoisotopic (exact) mass is 233 g/mol. The number of carbonyl (C=O) groups excluding carboxylic acids is 1. The fourth-order valence-corrected chi connectivity index (χ4v) is 2.63. The lowest BCUT2D eigenvalue weighted by Gasteiger charge is -2.25. The Morgan fingerprint density at radius 3 is 2.53 bits per heavy atom. The topological polar surface area (TPSA) is 20.3 Å². The number of benzene rings is 1. The van der Waals surface area contributed by atoms with Crippen LogP contribution in [0.15, 0.2) is 24.3 Å². The molecule has 0 bridgehead atoms. The number of halogens is 1. The molecule has 0 N–H and O–H groups in total. The summed E-state index contributed by atoms with van der Waals surface area (Å²) in [7, 11) is 0. The summed E-state index contributed by atoms with van der Waals surface area (Å²) in [6, 6.07) is 6.74. The first-order valence-corrected chi connectivity index (χ1v) is 6.31. The van der Waals surface area contributed by atoms with E-state index in [4.69, 9.17) is 0 Å². The number of hydrogen-bond acceptors (Lipinski definition) is 1. The molecule has 2 nitrogen and oxygen atoms in total. The molecule has 17 heavy (non-hydrogen) atoms. The van der Waals surface area contributed by atoms with E-state index in [0.717, 1.165) is 37.8 Å². The lowest BCUT2D eigenvalue weighted by Crippen LogP contribution is -2.31. The van der Waals surface area contributed by atoms with Gasteiger partial charge in [0.25, 0.3) is 0 Å². The Bertz CT molecular complexity index is 424. The number of amides is 1. The van der Waals surface area contributed by atoms with Crippen LogP contribution in [0.25, 0.3) is 0 Å². The normalized spacial score (nSPS) is 24.1. The number of likely N-dealkylation sites (tertiary alicyclic amines) is 1. The maximum absolute atomic E-state index is 12.9. The van der Waals surface area contributed by atoms with E-state index >= 15 is 0 Å². The SMILES string of the molecule is O=C(C1CC1)N1CCCC1c1ccc(F)cc1. The van der Waals surface area contributed by atoms with Gasteiger partial charge in [-0.1, -0.05) is 12.1 Å². The van der Waals surface area contributed by atoms with Gasteiger partial charge in [-0.15, -0.1) is 0 Å². The Kier molecular flexibility index (Phi) is 2.61. The minimum Gasteiger partial charge on any atom is -0.335 e. The summed E-state index contributed by atoms with van der Waals surface area (Å²) >= 11 is 0. The standard InChI is InChI=1S/C14H16FNO/c15-12-7-5-10(6-8-12)13-2-1-9-16(13)14(17)11-3-4-11/h5-8,11,13H,1-4,9H2. The first-order valence-electron chi connectivity index (χ1n) is 6.31. The molecular formula is C14H16FNO. The van der Waals surface area contributed by atoms with E-state index in [9.17, 15) is 9.18 Å². The Balaban J connectivity index is 1.81. The molecule has 3 heteroatoms. The van der Waals surface area contributed by atoms with Gasteiger partial charge < -0.3 is 4.90 Å². The molecule has 0 spiro atoms. The molecule has 1 atom stereocenters. The second-order valence-electron chi connectivity index (χ2n) is 5.02. The van der Waals surface area contributed by atoms with E-state index in [2.05, 4.69) is 0 Å². The predicted molar refractivity (Wildman–Crippen MR) is 62.8 cm³/mol. The Morgan fingerprint density at radius 2 is 1.88 bits per heavy atom. The van der Waals surface area contributed by atoms with Gasteiger partial charge in [0.2, 0.25) is 5.91 Å². The van der Waals surface area contributed by atoms with Crippen molar-refractivity contribution in [1.82, 2.24) is 4.90 Å². The van der Waals surface area contributed by atoms with Gasteiger partial charge in [-0.05, 0) is 43.4 Å². The van der Waals surface area contributed by atoms with Crippen molar-refractivity contribution < 1.29 is 9.18 Å². The van der Waals surface area contributed by atoms with Gasteiger partial charge >= 0.3 is 0 Å². The van der Waals surface area contributed by atoms with Crippen LogP contribution in [0.2, 0.25) is 0 Å². The number of hydrogen-bond donors (Lipinski definition) is 0. The van der Waals surface area contributed by atoms with Crippen LogP contribution >= 0.6 is 0 Å². The van der Waals surface area contributed by atoms with E-state index in [0.29, 0.717) is 5.91 Å². The van der Waals surface area contributed by atoms with Crippen LogP contribution in [-0.4, -0.2) is 17.4 Å². The van der Waals surface area contributed by atoms with Crippen molar-refractivity contribution in [3.05, 3.63) is 35.6 Å². The molecule has 1 saturated carbocycles. The van der Waals surface area contributed by atoms with Crippen molar-refractivity contribution >= 4 is 5.91 Å². The highest BCUT2D eigenvalue weighted by Crippen LogP contribution is 2.38. The van der Waals surface area contributed by atoms with E-state index in [1.54, 1.807) is 12.1 Å². The zero-order chi connectivity index (χ0) is 11.8. The van der Waals surface area contributed by atoms with Gasteiger partial charge in [-0.2, -0.15) is 0 Å². The third kappa shape index (κ3) is 2.06. The quantitative estimate of drug-likeness (QED) is 0.769. The van der Waals surface area contributed by atoms with Crippen molar-refractivity contribution in [2.45, 2.75) is 31.7 Å². The fraction of sp³-hybridized carbons (Fsp3) is 0.500. The third-order valence-corrected chi connectivity index (χ3v) is 3.72. The maximum atomic E-state index is 12.9. The smallest absolute Gasteiger partial charge is 0.226 e. The largest absolute Gasteiger partial charge is 0.335 e. The Hall–Kier alpha value is -1.38.